The first kappa shape index (κ1) is 7.32. The van der Waals surface area contributed by atoms with Gasteiger partial charge in [-0.2, -0.15) is 0 Å². The van der Waals surface area contributed by atoms with Crippen LogP contribution >= 0.6 is 0 Å². The average Bonchev–Trinajstić information content (AvgIpc) is 2.62. The molecule has 0 radical (unpaired) electrons. The monoisotopic (exact) mass is 186 g/mol. The Bertz CT molecular complexity index is 623. The molecular formula is C10H6N2O2. The summed E-state index contributed by atoms with van der Waals surface area (Å²) in [6.07, 6.45) is 1.35. The number of hydrogen-bond donors (Lipinski definition) is 1. The number of nitrogens with zero attached hydrogens (tertiary/aromatic N) is 1. The third kappa shape index (κ3) is 0.877. The van der Waals surface area contributed by atoms with Crippen LogP contribution in [0.1, 0.15) is 0 Å². The molecule has 1 aromatic rings. The van der Waals surface area contributed by atoms with Gasteiger partial charge in [0.1, 0.15) is 5.52 Å². The van der Waals surface area contributed by atoms with Crippen LogP contribution in [0.3, 0.4) is 0 Å². The Balaban J connectivity index is 2.58. The summed E-state index contributed by atoms with van der Waals surface area (Å²) in [7, 11) is 0. The number of fused-ring (bicyclic) bond motifs is 2. The van der Waals surface area contributed by atoms with Crippen LogP contribution in [0.25, 0.3) is 22.5 Å². The SMILES string of the molecule is O=c1cccc2[nH]c3ocnc3cc1-2. The molecule has 0 atom stereocenters. The van der Waals surface area contributed by atoms with Crippen LogP contribution in [0, 0.1) is 0 Å². The first-order valence-electron chi connectivity index (χ1n) is 4.20. The number of oxazole rings is 1. The minimum atomic E-state index is -0.0105. The molecule has 4 heteroatoms. The Morgan fingerprint density at radius 1 is 1.36 bits per heavy atom. The fourth-order valence-electron chi connectivity index (χ4n) is 1.51. The van der Waals surface area contributed by atoms with Gasteiger partial charge >= 0.3 is 0 Å². The molecule has 0 spiro atoms. The molecular weight excluding hydrogens is 180 g/mol. The zero-order valence-electron chi connectivity index (χ0n) is 7.15. The zero-order chi connectivity index (χ0) is 9.54. The lowest BCUT2D eigenvalue weighted by molar-refractivity contribution is 0.591. The highest BCUT2D eigenvalue weighted by molar-refractivity contribution is 5.78. The molecule has 0 amide bonds. The molecule has 1 N–H and O–H groups in total. The van der Waals surface area contributed by atoms with Crippen molar-refractivity contribution in [3.63, 3.8) is 0 Å². The minimum Gasteiger partial charge on any atom is -0.427 e. The van der Waals surface area contributed by atoms with Crippen molar-refractivity contribution in [2.75, 3.05) is 0 Å². The van der Waals surface area contributed by atoms with E-state index in [4.69, 9.17) is 4.42 Å². The van der Waals surface area contributed by atoms with Crippen molar-refractivity contribution in [3.05, 3.63) is 40.9 Å². The van der Waals surface area contributed by atoms with E-state index in [-0.39, 0.29) is 5.43 Å². The molecule has 2 heterocycles. The van der Waals surface area contributed by atoms with Crippen molar-refractivity contribution in [3.8, 4) is 11.3 Å². The molecule has 1 aliphatic carbocycles. The normalized spacial score (nSPS) is 11.1. The number of hydrogen-bond acceptors (Lipinski definition) is 3. The van der Waals surface area contributed by atoms with Gasteiger partial charge in [-0.15, -0.1) is 0 Å². The minimum absolute atomic E-state index is 0.0105. The Morgan fingerprint density at radius 3 is 3.21 bits per heavy atom. The number of aromatic nitrogens is 2. The standard InChI is InChI=1S/C10H6N2O2/c13-9-3-1-2-7-6(9)4-8-10(12-7)14-5-11-8/h1-5,12H. The Hall–Kier alpha value is -2.10. The summed E-state index contributed by atoms with van der Waals surface area (Å²) in [5, 5.41) is 0. The highest BCUT2D eigenvalue weighted by Crippen LogP contribution is 2.20. The van der Waals surface area contributed by atoms with E-state index in [2.05, 4.69) is 9.97 Å². The van der Waals surface area contributed by atoms with Crippen LogP contribution in [0.5, 0.6) is 0 Å². The summed E-state index contributed by atoms with van der Waals surface area (Å²) in [6, 6.07) is 6.80. The second-order valence-electron chi connectivity index (χ2n) is 3.05. The van der Waals surface area contributed by atoms with E-state index in [0.717, 1.165) is 5.69 Å². The van der Waals surface area contributed by atoms with Crippen molar-refractivity contribution in [2.45, 2.75) is 0 Å². The van der Waals surface area contributed by atoms with Gasteiger partial charge in [0.05, 0.1) is 5.69 Å². The summed E-state index contributed by atoms with van der Waals surface area (Å²) in [5.41, 5.74) is 2.64. The Morgan fingerprint density at radius 2 is 2.29 bits per heavy atom. The smallest absolute Gasteiger partial charge is 0.225 e. The van der Waals surface area contributed by atoms with Crippen molar-refractivity contribution < 1.29 is 4.42 Å². The Labute approximate surface area is 78.5 Å². The predicted octanol–water partition coefficient (Wildman–Crippen LogP) is 1.62. The van der Waals surface area contributed by atoms with Crippen LogP contribution < -0.4 is 5.43 Å². The number of nitrogens with one attached hydrogen (secondary N) is 1. The van der Waals surface area contributed by atoms with E-state index < -0.39 is 0 Å². The lowest BCUT2D eigenvalue weighted by atomic mass is 10.1. The van der Waals surface area contributed by atoms with Gasteiger partial charge in [0, 0.05) is 5.56 Å². The van der Waals surface area contributed by atoms with Gasteiger partial charge in [-0.25, -0.2) is 4.98 Å². The van der Waals surface area contributed by atoms with Gasteiger partial charge in [0.2, 0.25) is 5.71 Å². The maximum Gasteiger partial charge on any atom is 0.225 e. The summed E-state index contributed by atoms with van der Waals surface area (Å²) < 4.78 is 5.10. The highest BCUT2D eigenvalue weighted by atomic mass is 16.3. The van der Waals surface area contributed by atoms with E-state index in [9.17, 15) is 4.79 Å². The molecule has 2 aliphatic rings. The van der Waals surface area contributed by atoms with E-state index >= 15 is 0 Å². The van der Waals surface area contributed by atoms with Gasteiger partial charge in [-0.05, 0) is 18.2 Å². The lowest BCUT2D eigenvalue weighted by Crippen LogP contribution is -2.04. The first-order chi connectivity index (χ1) is 6.84. The van der Waals surface area contributed by atoms with Gasteiger partial charge in [0.25, 0.3) is 0 Å². The summed E-state index contributed by atoms with van der Waals surface area (Å²) in [6.45, 7) is 0. The average molecular weight is 186 g/mol. The van der Waals surface area contributed by atoms with E-state index in [0.29, 0.717) is 16.8 Å². The van der Waals surface area contributed by atoms with E-state index in [1.165, 1.54) is 12.5 Å². The molecule has 0 saturated heterocycles. The zero-order valence-corrected chi connectivity index (χ0v) is 7.15. The molecule has 0 unspecified atom stereocenters. The van der Waals surface area contributed by atoms with Crippen LogP contribution in [-0.4, -0.2) is 9.97 Å². The largest absolute Gasteiger partial charge is 0.427 e. The fraction of sp³-hybridized carbons (Fsp3) is 0. The van der Waals surface area contributed by atoms with Crippen molar-refractivity contribution in [2.24, 2.45) is 0 Å². The van der Waals surface area contributed by atoms with Gasteiger partial charge in [-0.3, -0.25) is 4.79 Å². The lowest BCUT2D eigenvalue weighted by Gasteiger charge is -2.01. The second-order valence-corrected chi connectivity index (χ2v) is 3.05. The van der Waals surface area contributed by atoms with E-state index in [1.54, 1.807) is 12.1 Å². The molecule has 1 aromatic heterocycles. The molecule has 4 nitrogen and oxygen atoms in total. The first-order valence-corrected chi connectivity index (χ1v) is 4.20. The molecule has 0 aromatic carbocycles. The molecule has 68 valence electrons. The maximum absolute atomic E-state index is 11.5. The highest BCUT2D eigenvalue weighted by Gasteiger charge is 2.08. The molecule has 0 fully saturated rings. The molecule has 3 rings (SSSR count). The molecule has 0 saturated carbocycles. The van der Waals surface area contributed by atoms with Crippen LogP contribution in [-0.2, 0) is 0 Å². The predicted molar refractivity (Wildman–Crippen MR) is 51.3 cm³/mol. The molecule has 1 aliphatic heterocycles. The Kier molecular flexibility index (Phi) is 1.28. The maximum atomic E-state index is 11.5. The second kappa shape index (κ2) is 2.45. The van der Waals surface area contributed by atoms with Crippen LogP contribution in [0.4, 0.5) is 0 Å². The van der Waals surface area contributed by atoms with Gasteiger partial charge in [-0.1, -0.05) is 6.07 Å². The third-order valence-electron chi connectivity index (χ3n) is 2.19. The van der Waals surface area contributed by atoms with Crippen LogP contribution in [0.15, 0.2) is 39.9 Å². The number of rotatable bonds is 0. The summed E-state index contributed by atoms with van der Waals surface area (Å²) in [4.78, 5) is 18.4. The van der Waals surface area contributed by atoms with Gasteiger partial charge in [0.15, 0.2) is 11.8 Å². The number of aromatic amines is 1. The third-order valence-corrected chi connectivity index (χ3v) is 2.19. The summed E-state index contributed by atoms with van der Waals surface area (Å²) >= 11 is 0. The number of pyridine rings is 1. The van der Waals surface area contributed by atoms with Crippen molar-refractivity contribution >= 4 is 11.2 Å². The van der Waals surface area contributed by atoms with Gasteiger partial charge < -0.3 is 9.40 Å². The fourth-order valence-corrected chi connectivity index (χ4v) is 1.51. The van der Waals surface area contributed by atoms with E-state index in [1.807, 2.05) is 6.07 Å². The molecule has 0 bridgehead atoms. The van der Waals surface area contributed by atoms with Crippen molar-refractivity contribution in [1.29, 1.82) is 0 Å². The van der Waals surface area contributed by atoms with Crippen LogP contribution in [0.2, 0.25) is 0 Å². The van der Waals surface area contributed by atoms with Crippen molar-refractivity contribution in [1.82, 2.24) is 9.97 Å². The quantitative estimate of drug-likeness (QED) is 0.580. The number of H-pyrrole nitrogens is 1. The molecule has 14 heavy (non-hydrogen) atoms. The number of benzene rings is 1. The summed E-state index contributed by atoms with van der Waals surface area (Å²) in [5.74, 6) is 0. The topological polar surface area (TPSA) is 58.9 Å².